The van der Waals surface area contributed by atoms with E-state index < -0.39 is 10.0 Å². The first-order chi connectivity index (χ1) is 13.9. The van der Waals surface area contributed by atoms with Crippen molar-refractivity contribution in [1.82, 2.24) is 14.5 Å². The van der Waals surface area contributed by atoms with Crippen molar-refractivity contribution < 1.29 is 18.0 Å². The quantitative estimate of drug-likeness (QED) is 0.746. The van der Waals surface area contributed by atoms with Gasteiger partial charge in [0.25, 0.3) is 0 Å². The number of fused-ring (bicyclic) bond motifs is 1. The average molecular weight is 418 g/mol. The SMILES string of the molecule is CCCNC(=O)CCC(=O)N1CCN(S(=O)(=O)c2ccc3ccccc3c2)CC1. The van der Waals surface area contributed by atoms with Gasteiger partial charge >= 0.3 is 0 Å². The molecule has 156 valence electrons. The van der Waals surface area contributed by atoms with Crippen molar-refractivity contribution in [2.45, 2.75) is 31.1 Å². The molecule has 7 nitrogen and oxygen atoms in total. The van der Waals surface area contributed by atoms with Crippen molar-refractivity contribution in [2.24, 2.45) is 0 Å². The maximum atomic E-state index is 13.0. The summed E-state index contributed by atoms with van der Waals surface area (Å²) in [4.78, 5) is 25.9. The van der Waals surface area contributed by atoms with Crippen molar-refractivity contribution >= 4 is 32.6 Å². The van der Waals surface area contributed by atoms with Gasteiger partial charge in [0.2, 0.25) is 21.8 Å². The summed E-state index contributed by atoms with van der Waals surface area (Å²) in [6.07, 6.45) is 1.16. The number of sulfonamides is 1. The Balaban J connectivity index is 1.57. The van der Waals surface area contributed by atoms with Crippen LogP contribution in [-0.2, 0) is 19.6 Å². The van der Waals surface area contributed by atoms with Gasteiger partial charge in [-0.1, -0.05) is 37.3 Å². The highest BCUT2D eigenvalue weighted by Crippen LogP contribution is 2.23. The summed E-state index contributed by atoms with van der Waals surface area (Å²) in [5, 5.41) is 4.62. The Hall–Kier alpha value is -2.45. The van der Waals surface area contributed by atoms with Crippen LogP contribution in [-0.4, -0.2) is 62.2 Å². The van der Waals surface area contributed by atoms with Gasteiger partial charge in [-0.2, -0.15) is 4.31 Å². The largest absolute Gasteiger partial charge is 0.356 e. The molecule has 2 amide bonds. The van der Waals surface area contributed by atoms with Crippen LogP contribution in [0, 0.1) is 0 Å². The van der Waals surface area contributed by atoms with Gasteiger partial charge in [-0.25, -0.2) is 8.42 Å². The average Bonchev–Trinajstić information content (AvgIpc) is 2.75. The Morgan fingerprint density at radius 1 is 0.966 bits per heavy atom. The van der Waals surface area contributed by atoms with Gasteiger partial charge in [0.1, 0.15) is 0 Å². The minimum Gasteiger partial charge on any atom is -0.356 e. The van der Waals surface area contributed by atoms with Crippen LogP contribution in [0.25, 0.3) is 10.8 Å². The normalized spacial score (nSPS) is 15.4. The second-order valence-electron chi connectivity index (χ2n) is 7.14. The summed E-state index contributed by atoms with van der Waals surface area (Å²) >= 11 is 0. The van der Waals surface area contributed by atoms with Crippen LogP contribution < -0.4 is 5.32 Å². The minimum absolute atomic E-state index is 0.112. The third-order valence-corrected chi connectivity index (χ3v) is 6.98. The van der Waals surface area contributed by atoms with Gasteiger partial charge < -0.3 is 10.2 Å². The van der Waals surface area contributed by atoms with Crippen molar-refractivity contribution in [3.63, 3.8) is 0 Å². The first-order valence-corrected chi connectivity index (χ1v) is 11.4. The first-order valence-electron chi connectivity index (χ1n) is 9.95. The van der Waals surface area contributed by atoms with E-state index in [0.717, 1.165) is 17.2 Å². The zero-order valence-electron chi connectivity index (χ0n) is 16.6. The van der Waals surface area contributed by atoms with E-state index in [-0.39, 0.29) is 42.6 Å². The number of benzene rings is 2. The fourth-order valence-electron chi connectivity index (χ4n) is 3.39. The van der Waals surface area contributed by atoms with Gasteiger partial charge in [-0.05, 0) is 29.3 Å². The first kappa shape index (κ1) is 21.3. The zero-order chi connectivity index (χ0) is 20.9. The predicted octanol–water partition coefficient (Wildman–Crippen LogP) is 1.98. The van der Waals surface area contributed by atoms with Crippen molar-refractivity contribution in [3.05, 3.63) is 42.5 Å². The Morgan fingerprint density at radius 2 is 1.66 bits per heavy atom. The van der Waals surface area contributed by atoms with Crippen LogP contribution >= 0.6 is 0 Å². The lowest BCUT2D eigenvalue weighted by Crippen LogP contribution is -2.50. The van der Waals surface area contributed by atoms with Gasteiger partial charge in [0, 0.05) is 45.6 Å². The molecule has 1 aliphatic rings. The minimum atomic E-state index is -3.61. The topological polar surface area (TPSA) is 86.8 Å². The number of nitrogens with one attached hydrogen (secondary N) is 1. The molecular formula is C21H27N3O4S. The van der Waals surface area contributed by atoms with Crippen LogP contribution in [0.1, 0.15) is 26.2 Å². The number of carbonyl (C=O) groups excluding carboxylic acids is 2. The van der Waals surface area contributed by atoms with E-state index in [9.17, 15) is 18.0 Å². The highest BCUT2D eigenvalue weighted by atomic mass is 32.2. The van der Waals surface area contributed by atoms with Crippen LogP contribution in [0.2, 0.25) is 0 Å². The molecule has 1 N–H and O–H groups in total. The third kappa shape index (κ3) is 5.13. The molecule has 0 atom stereocenters. The number of rotatable bonds is 7. The number of piperazine rings is 1. The van der Waals surface area contributed by atoms with Crippen molar-refractivity contribution in [2.75, 3.05) is 32.7 Å². The molecule has 8 heteroatoms. The lowest BCUT2D eigenvalue weighted by atomic mass is 10.1. The molecule has 0 radical (unpaired) electrons. The number of amides is 2. The highest BCUT2D eigenvalue weighted by molar-refractivity contribution is 7.89. The fraction of sp³-hybridized carbons (Fsp3) is 0.429. The molecule has 2 aromatic rings. The molecule has 29 heavy (non-hydrogen) atoms. The van der Waals surface area contributed by atoms with Gasteiger partial charge in [0.15, 0.2) is 0 Å². The fourth-order valence-corrected chi connectivity index (χ4v) is 4.84. The molecule has 0 unspecified atom stereocenters. The Kier molecular flexibility index (Phi) is 6.87. The van der Waals surface area contributed by atoms with E-state index >= 15 is 0 Å². The van der Waals surface area contributed by atoms with Gasteiger partial charge in [-0.15, -0.1) is 0 Å². The maximum absolute atomic E-state index is 13.0. The summed E-state index contributed by atoms with van der Waals surface area (Å²) in [6, 6.07) is 12.8. The lowest BCUT2D eigenvalue weighted by Gasteiger charge is -2.34. The molecule has 0 aromatic heterocycles. The zero-order valence-corrected chi connectivity index (χ0v) is 17.5. The van der Waals surface area contributed by atoms with E-state index in [1.54, 1.807) is 17.0 Å². The number of carbonyl (C=O) groups is 2. The monoisotopic (exact) mass is 417 g/mol. The maximum Gasteiger partial charge on any atom is 0.243 e. The number of nitrogens with zero attached hydrogens (tertiary/aromatic N) is 2. The van der Waals surface area contributed by atoms with Crippen molar-refractivity contribution in [3.8, 4) is 0 Å². The smallest absolute Gasteiger partial charge is 0.243 e. The molecule has 3 rings (SSSR count). The van der Waals surface area contributed by atoms with Crippen LogP contribution in [0.4, 0.5) is 0 Å². The molecule has 0 saturated carbocycles. The second-order valence-corrected chi connectivity index (χ2v) is 9.08. The molecule has 0 bridgehead atoms. The lowest BCUT2D eigenvalue weighted by molar-refractivity contribution is -0.134. The summed E-state index contributed by atoms with van der Waals surface area (Å²) in [5.41, 5.74) is 0. The van der Waals surface area contributed by atoms with Crippen LogP contribution in [0.5, 0.6) is 0 Å². The van der Waals surface area contributed by atoms with Crippen LogP contribution in [0.15, 0.2) is 47.4 Å². The molecule has 1 saturated heterocycles. The molecule has 1 fully saturated rings. The van der Waals surface area contributed by atoms with Gasteiger partial charge in [-0.3, -0.25) is 9.59 Å². The Bertz CT molecular complexity index is 982. The standard InChI is InChI=1S/C21H27N3O4S/c1-2-11-22-20(25)9-10-21(26)23-12-14-24(15-13-23)29(27,28)19-8-7-17-5-3-4-6-18(17)16-19/h3-8,16H,2,9-15H2,1H3,(H,22,25). The van der Waals surface area contributed by atoms with Crippen molar-refractivity contribution in [1.29, 1.82) is 0 Å². The Morgan fingerprint density at radius 3 is 2.34 bits per heavy atom. The second kappa shape index (κ2) is 9.37. The molecule has 1 aliphatic heterocycles. The van der Waals surface area contributed by atoms with E-state index in [1.165, 1.54) is 4.31 Å². The van der Waals surface area contributed by atoms with E-state index in [4.69, 9.17) is 0 Å². The van der Waals surface area contributed by atoms with Crippen LogP contribution in [0.3, 0.4) is 0 Å². The van der Waals surface area contributed by atoms with Gasteiger partial charge in [0.05, 0.1) is 4.90 Å². The molecule has 1 heterocycles. The molecular weight excluding hydrogens is 390 g/mol. The highest BCUT2D eigenvalue weighted by Gasteiger charge is 2.30. The third-order valence-electron chi connectivity index (χ3n) is 5.09. The number of hydrogen-bond acceptors (Lipinski definition) is 4. The molecule has 0 aliphatic carbocycles. The van der Waals surface area contributed by atoms with E-state index in [2.05, 4.69) is 5.32 Å². The number of hydrogen-bond donors (Lipinski definition) is 1. The Labute approximate surface area is 171 Å². The molecule has 0 spiro atoms. The van der Waals surface area contributed by atoms with E-state index in [0.29, 0.717) is 19.6 Å². The summed E-state index contributed by atoms with van der Waals surface area (Å²) < 4.78 is 27.4. The molecule has 2 aromatic carbocycles. The summed E-state index contributed by atoms with van der Waals surface area (Å²) in [7, 11) is -3.61. The van der Waals surface area contributed by atoms with E-state index in [1.807, 2.05) is 37.3 Å². The summed E-state index contributed by atoms with van der Waals surface area (Å²) in [5.74, 6) is -0.239. The summed E-state index contributed by atoms with van der Waals surface area (Å²) in [6.45, 7) is 3.76. The predicted molar refractivity (Wildman–Crippen MR) is 112 cm³/mol.